The molecule has 0 heterocycles. The SMILES string of the molecule is CC(C)OC1=C(c2ccccc2)C(=O)C1(O)C(F)(F)F. The minimum atomic E-state index is -5.10. The molecule has 1 N–H and O–H groups in total. The van der Waals surface area contributed by atoms with Crippen molar-refractivity contribution >= 4 is 11.4 Å². The van der Waals surface area contributed by atoms with Gasteiger partial charge in [-0.05, 0) is 19.4 Å². The summed E-state index contributed by atoms with van der Waals surface area (Å²) in [5.41, 5.74) is -3.47. The molecule has 0 fully saturated rings. The lowest BCUT2D eigenvalue weighted by Crippen LogP contribution is -2.61. The Bertz CT molecular complexity index is 561. The lowest BCUT2D eigenvalue weighted by atomic mass is 9.74. The minimum Gasteiger partial charge on any atom is -0.491 e. The molecule has 1 aliphatic carbocycles. The van der Waals surface area contributed by atoms with Gasteiger partial charge in [0.2, 0.25) is 5.78 Å². The fraction of sp³-hybridized carbons (Fsp3) is 0.357. The first kappa shape index (κ1) is 14.6. The van der Waals surface area contributed by atoms with E-state index in [2.05, 4.69) is 0 Å². The van der Waals surface area contributed by atoms with Crippen LogP contribution in [-0.2, 0) is 9.53 Å². The van der Waals surface area contributed by atoms with Gasteiger partial charge in [0, 0.05) is 0 Å². The maximum atomic E-state index is 12.9. The fourth-order valence-electron chi connectivity index (χ4n) is 2.01. The third-order valence-electron chi connectivity index (χ3n) is 2.94. The summed E-state index contributed by atoms with van der Waals surface area (Å²) in [5, 5.41) is 9.70. The third-order valence-corrected chi connectivity index (χ3v) is 2.94. The largest absolute Gasteiger partial charge is 0.491 e. The Labute approximate surface area is 113 Å². The van der Waals surface area contributed by atoms with Crippen LogP contribution in [0.3, 0.4) is 0 Å². The Morgan fingerprint density at radius 3 is 2.20 bits per heavy atom. The van der Waals surface area contributed by atoms with Crippen LogP contribution in [-0.4, -0.2) is 28.8 Å². The van der Waals surface area contributed by atoms with Gasteiger partial charge in [-0.15, -0.1) is 0 Å². The van der Waals surface area contributed by atoms with Crippen molar-refractivity contribution in [2.75, 3.05) is 0 Å². The van der Waals surface area contributed by atoms with Crippen molar-refractivity contribution in [2.24, 2.45) is 0 Å². The Morgan fingerprint density at radius 2 is 1.75 bits per heavy atom. The Kier molecular flexibility index (Phi) is 3.37. The highest BCUT2D eigenvalue weighted by atomic mass is 19.4. The van der Waals surface area contributed by atoms with Crippen molar-refractivity contribution in [1.82, 2.24) is 0 Å². The maximum absolute atomic E-state index is 12.9. The summed E-state index contributed by atoms with van der Waals surface area (Å²) in [4.78, 5) is 11.8. The van der Waals surface area contributed by atoms with E-state index in [1.165, 1.54) is 26.0 Å². The summed E-state index contributed by atoms with van der Waals surface area (Å²) in [7, 11) is 0. The van der Waals surface area contributed by atoms with E-state index in [1.807, 2.05) is 0 Å². The van der Waals surface area contributed by atoms with Crippen molar-refractivity contribution in [1.29, 1.82) is 0 Å². The number of benzene rings is 1. The van der Waals surface area contributed by atoms with E-state index in [1.54, 1.807) is 18.2 Å². The van der Waals surface area contributed by atoms with Gasteiger partial charge in [-0.1, -0.05) is 30.3 Å². The Hall–Kier alpha value is -1.82. The lowest BCUT2D eigenvalue weighted by Gasteiger charge is -2.40. The fourth-order valence-corrected chi connectivity index (χ4v) is 2.01. The van der Waals surface area contributed by atoms with Crippen LogP contribution in [0, 0.1) is 0 Å². The maximum Gasteiger partial charge on any atom is 0.432 e. The predicted octanol–water partition coefficient (Wildman–Crippen LogP) is 2.70. The highest BCUT2D eigenvalue weighted by Gasteiger charge is 2.71. The normalized spacial score (nSPS) is 23.1. The number of alkyl halides is 3. The number of ether oxygens (including phenoxy) is 1. The van der Waals surface area contributed by atoms with Crippen LogP contribution in [0.2, 0.25) is 0 Å². The topological polar surface area (TPSA) is 46.5 Å². The summed E-state index contributed by atoms with van der Waals surface area (Å²) < 4.78 is 43.9. The summed E-state index contributed by atoms with van der Waals surface area (Å²) in [5.74, 6) is -2.11. The molecule has 2 rings (SSSR count). The van der Waals surface area contributed by atoms with Crippen molar-refractivity contribution in [3.8, 4) is 0 Å². The molecule has 0 saturated carbocycles. The van der Waals surface area contributed by atoms with Crippen LogP contribution in [0.25, 0.3) is 5.57 Å². The van der Waals surface area contributed by atoms with Crippen LogP contribution >= 0.6 is 0 Å². The van der Waals surface area contributed by atoms with E-state index in [0.717, 1.165) is 0 Å². The monoisotopic (exact) mass is 286 g/mol. The number of hydrogen-bond acceptors (Lipinski definition) is 3. The smallest absolute Gasteiger partial charge is 0.432 e. The molecule has 1 aliphatic rings. The molecule has 1 atom stereocenters. The van der Waals surface area contributed by atoms with E-state index >= 15 is 0 Å². The molecule has 0 amide bonds. The van der Waals surface area contributed by atoms with Crippen molar-refractivity contribution < 1.29 is 27.8 Å². The van der Waals surface area contributed by atoms with E-state index in [9.17, 15) is 23.1 Å². The lowest BCUT2D eigenvalue weighted by molar-refractivity contribution is -0.251. The molecule has 20 heavy (non-hydrogen) atoms. The number of carbonyl (C=O) groups excluding carboxylic acids is 1. The molecule has 3 nitrogen and oxygen atoms in total. The molecule has 0 saturated heterocycles. The summed E-state index contributed by atoms with van der Waals surface area (Å²) in [6.45, 7) is 3.05. The van der Waals surface area contributed by atoms with Crippen LogP contribution < -0.4 is 0 Å². The highest BCUT2D eigenvalue weighted by molar-refractivity contribution is 6.34. The predicted molar refractivity (Wildman–Crippen MR) is 65.6 cm³/mol. The molecule has 6 heteroatoms. The van der Waals surface area contributed by atoms with Gasteiger partial charge >= 0.3 is 6.18 Å². The zero-order chi connectivity index (χ0) is 15.1. The first-order valence-electron chi connectivity index (χ1n) is 6.00. The van der Waals surface area contributed by atoms with Crippen molar-refractivity contribution in [2.45, 2.75) is 31.7 Å². The summed E-state index contributed by atoms with van der Waals surface area (Å²) in [6, 6.07) is 7.84. The Morgan fingerprint density at radius 1 is 1.20 bits per heavy atom. The van der Waals surface area contributed by atoms with Gasteiger partial charge in [0.15, 0.2) is 5.76 Å². The number of hydrogen-bond donors (Lipinski definition) is 1. The molecule has 0 aromatic heterocycles. The minimum absolute atomic E-state index is 0.223. The second-order valence-electron chi connectivity index (χ2n) is 4.77. The molecule has 1 unspecified atom stereocenters. The molecule has 0 radical (unpaired) electrons. The van der Waals surface area contributed by atoms with Gasteiger partial charge in [0.25, 0.3) is 5.60 Å². The molecular weight excluding hydrogens is 273 g/mol. The third kappa shape index (κ3) is 2.00. The number of aliphatic hydroxyl groups is 1. The molecular formula is C14H13F3O3. The van der Waals surface area contributed by atoms with Gasteiger partial charge in [0.05, 0.1) is 11.7 Å². The molecule has 1 aromatic carbocycles. The van der Waals surface area contributed by atoms with Crippen LogP contribution in [0.1, 0.15) is 19.4 Å². The second-order valence-corrected chi connectivity index (χ2v) is 4.77. The first-order chi connectivity index (χ1) is 9.19. The number of Topliss-reactive ketones (excluding diaryl/α,β-unsaturated/α-hetero) is 1. The number of ketones is 1. The zero-order valence-electron chi connectivity index (χ0n) is 10.9. The number of halogens is 3. The number of carbonyl (C=O) groups is 1. The van der Waals surface area contributed by atoms with Crippen LogP contribution in [0.4, 0.5) is 13.2 Å². The molecule has 0 spiro atoms. The van der Waals surface area contributed by atoms with Crippen LogP contribution in [0.5, 0.6) is 0 Å². The second kappa shape index (κ2) is 4.63. The molecule has 1 aromatic rings. The Balaban J connectivity index is 2.57. The van der Waals surface area contributed by atoms with Gasteiger partial charge in [-0.25, -0.2) is 0 Å². The van der Waals surface area contributed by atoms with Crippen molar-refractivity contribution in [3.63, 3.8) is 0 Å². The van der Waals surface area contributed by atoms with E-state index in [4.69, 9.17) is 4.74 Å². The highest BCUT2D eigenvalue weighted by Crippen LogP contribution is 2.50. The van der Waals surface area contributed by atoms with Gasteiger partial charge in [0.1, 0.15) is 0 Å². The first-order valence-corrected chi connectivity index (χ1v) is 6.00. The van der Waals surface area contributed by atoms with E-state index in [-0.39, 0.29) is 5.57 Å². The quantitative estimate of drug-likeness (QED) is 0.929. The standard InChI is InChI=1S/C14H13F3O3/c1-8(2)20-12-10(9-6-4-3-5-7-9)11(18)13(12,19)14(15,16)17/h3-8,19H,1-2H3. The average Bonchev–Trinajstić information content (AvgIpc) is 2.36. The number of rotatable bonds is 3. The molecule has 0 aliphatic heterocycles. The van der Waals surface area contributed by atoms with Gasteiger partial charge in [-0.2, -0.15) is 13.2 Å². The van der Waals surface area contributed by atoms with Crippen LogP contribution in [0.15, 0.2) is 36.1 Å². The average molecular weight is 286 g/mol. The molecule has 0 bridgehead atoms. The molecule has 108 valence electrons. The van der Waals surface area contributed by atoms with Gasteiger partial charge in [-0.3, -0.25) is 4.79 Å². The zero-order valence-corrected chi connectivity index (χ0v) is 10.9. The van der Waals surface area contributed by atoms with Gasteiger partial charge < -0.3 is 9.84 Å². The van der Waals surface area contributed by atoms with Crippen molar-refractivity contribution in [3.05, 3.63) is 41.7 Å². The van der Waals surface area contributed by atoms with E-state index in [0.29, 0.717) is 5.56 Å². The summed E-state index contributed by atoms with van der Waals surface area (Å²) >= 11 is 0. The summed E-state index contributed by atoms with van der Waals surface area (Å²) in [6.07, 6.45) is -5.70. The van der Waals surface area contributed by atoms with E-state index < -0.39 is 29.4 Å².